The number of carbonyl (C=O) groups excluding carboxylic acids is 2. The Bertz CT molecular complexity index is 322. The molecule has 0 aliphatic carbocycles. The van der Waals surface area contributed by atoms with Crippen LogP contribution in [-0.4, -0.2) is 11.9 Å². The van der Waals surface area contributed by atoms with Crippen molar-refractivity contribution in [2.24, 2.45) is 0 Å². The molecule has 0 saturated carbocycles. The first-order chi connectivity index (χ1) is 10.8. The van der Waals surface area contributed by atoms with Gasteiger partial charge in [-0.25, -0.2) is 9.59 Å². The molecule has 0 rings (SSSR count). The van der Waals surface area contributed by atoms with Crippen molar-refractivity contribution in [2.75, 3.05) is 0 Å². The third-order valence-corrected chi connectivity index (χ3v) is 4.17. The molecule has 0 aromatic carbocycles. The summed E-state index contributed by atoms with van der Waals surface area (Å²) in [4.78, 5) is 22.2. The fourth-order valence-corrected chi connectivity index (χ4v) is 2.69. The lowest BCUT2D eigenvalue weighted by Crippen LogP contribution is -1.94. The van der Waals surface area contributed by atoms with E-state index in [4.69, 9.17) is 0 Å². The van der Waals surface area contributed by atoms with Crippen LogP contribution in [0, 0.1) is 0 Å². The molecule has 0 amide bonds. The molecule has 0 N–H and O–H groups in total. The first kappa shape index (κ1) is 20.9. The van der Waals surface area contributed by atoms with Crippen LogP contribution in [0.3, 0.4) is 0 Å². The molecule has 0 spiro atoms. The molecule has 22 heavy (non-hydrogen) atoms. The van der Waals surface area contributed by atoms with Crippen LogP contribution in [0.4, 0.5) is 0 Å². The van der Waals surface area contributed by atoms with Gasteiger partial charge in [-0.05, 0) is 25.7 Å². The highest BCUT2D eigenvalue weighted by molar-refractivity contribution is 5.71. The molecule has 0 saturated heterocycles. The lowest BCUT2D eigenvalue weighted by molar-refractivity contribution is 0.557. The summed E-state index contributed by atoms with van der Waals surface area (Å²) in [7, 11) is 0. The van der Waals surface area contributed by atoms with Crippen molar-refractivity contribution >= 4 is 11.9 Å². The van der Waals surface area contributed by atoms with Crippen molar-refractivity contribution < 1.29 is 9.59 Å². The van der Waals surface area contributed by atoms with Crippen molar-refractivity contribution in [3.63, 3.8) is 0 Å². The van der Waals surface area contributed by atoms with Crippen LogP contribution in [-0.2, 0) is 9.59 Å². The smallest absolute Gasteiger partial charge is 0.128 e. The zero-order valence-electron chi connectivity index (χ0n) is 14.7. The second-order valence-electron chi connectivity index (χ2n) is 6.20. The van der Waals surface area contributed by atoms with Crippen LogP contribution in [0.5, 0.6) is 0 Å². The summed E-state index contributed by atoms with van der Waals surface area (Å²) >= 11 is 0. The SMILES string of the molecule is CCCCCCCCC(=C=O)C(=C=O)CCCCCCCC. The monoisotopic (exact) mass is 306 g/mol. The molecule has 2 nitrogen and oxygen atoms in total. The van der Waals surface area contributed by atoms with E-state index in [-0.39, 0.29) is 0 Å². The van der Waals surface area contributed by atoms with Gasteiger partial charge in [0.25, 0.3) is 0 Å². The van der Waals surface area contributed by atoms with E-state index >= 15 is 0 Å². The summed E-state index contributed by atoms with van der Waals surface area (Å²) < 4.78 is 0. The van der Waals surface area contributed by atoms with Gasteiger partial charge >= 0.3 is 0 Å². The molecule has 0 fully saturated rings. The maximum absolute atomic E-state index is 11.1. The van der Waals surface area contributed by atoms with Gasteiger partial charge in [-0.15, -0.1) is 0 Å². The predicted octanol–water partition coefficient (Wildman–Crippen LogP) is 6.00. The van der Waals surface area contributed by atoms with E-state index in [0.717, 1.165) is 25.7 Å². The second-order valence-corrected chi connectivity index (χ2v) is 6.20. The van der Waals surface area contributed by atoms with E-state index in [1.54, 1.807) is 0 Å². The van der Waals surface area contributed by atoms with Gasteiger partial charge in [0.15, 0.2) is 0 Å². The standard InChI is InChI=1S/C20H34O2/c1-3-5-7-9-11-13-15-19(17-21)20(18-22)16-14-12-10-8-6-4-2/h3-16H2,1-2H3. The minimum absolute atomic E-state index is 0.569. The van der Waals surface area contributed by atoms with E-state index in [0.29, 0.717) is 24.0 Å². The summed E-state index contributed by atoms with van der Waals surface area (Å²) in [6, 6.07) is 0. The predicted molar refractivity (Wildman–Crippen MR) is 94.4 cm³/mol. The maximum Gasteiger partial charge on any atom is 0.128 e. The Labute approximate surface area is 137 Å². The minimum Gasteiger partial charge on any atom is -0.233 e. The van der Waals surface area contributed by atoms with Crippen molar-refractivity contribution in [1.82, 2.24) is 0 Å². The Morgan fingerprint density at radius 1 is 0.545 bits per heavy atom. The van der Waals surface area contributed by atoms with Gasteiger partial charge in [0, 0.05) is 0 Å². The van der Waals surface area contributed by atoms with Gasteiger partial charge in [-0.2, -0.15) is 0 Å². The normalized spacial score (nSPS) is 10.1. The minimum atomic E-state index is 0.569. The lowest BCUT2D eigenvalue weighted by atomic mass is 9.96. The number of hydrogen-bond acceptors (Lipinski definition) is 2. The van der Waals surface area contributed by atoms with Crippen molar-refractivity contribution in [1.29, 1.82) is 0 Å². The van der Waals surface area contributed by atoms with Crippen LogP contribution in [0.15, 0.2) is 11.1 Å². The van der Waals surface area contributed by atoms with Crippen LogP contribution >= 0.6 is 0 Å². The number of allylic oxidation sites excluding steroid dienone is 2. The molecule has 2 heteroatoms. The Kier molecular flexibility index (Phi) is 15.5. The summed E-state index contributed by atoms with van der Waals surface area (Å²) in [5, 5.41) is 0. The zero-order chi connectivity index (χ0) is 16.5. The van der Waals surface area contributed by atoms with Gasteiger partial charge in [-0.3, -0.25) is 0 Å². The summed E-state index contributed by atoms with van der Waals surface area (Å²) in [5.41, 5.74) is 1.14. The molecule has 0 heterocycles. The van der Waals surface area contributed by atoms with Gasteiger partial charge < -0.3 is 0 Å². The molecule has 126 valence electrons. The Hall–Kier alpha value is -1.10. The molecular formula is C20H34O2. The van der Waals surface area contributed by atoms with Crippen molar-refractivity contribution in [2.45, 2.75) is 104 Å². The Morgan fingerprint density at radius 2 is 0.864 bits per heavy atom. The average Bonchev–Trinajstić information content (AvgIpc) is 2.54. The van der Waals surface area contributed by atoms with Gasteiger partial charge in [-0.1, -0.05) is 78.1 Å². The molecule has 0 aliphatic rings. The molecule has 0 aromatic rings. The van der Waals surface area contributed by atoms with Gasteiger partial charge in [0.1, 0.15) is 11.9 Å². The maximum atomic E-state index is 11.1. The van der Waals surface area contributed by atoms with E-state index in [2.05, 4.69) is 13.8 Å². The Morgan fingerprint density at radius 3 is 1.18 bits per heavy atom. The van der Waals surface area contributed by atoms with Crippen LogP contribution in [0.1, 0.15) is 104 Å². The van der Waals surface area contributed by atoms with Crippen LogP contribution in [0.25, 0.3) is 0 Å². The molecule has 0 atom stereocenters. The largest absolute Gasteiger partial charge is 0.233 e. The quantitative estimate of drug-likeness (QED) is 0.211. The third-order valence-electron chi connectivity index (χ3n) is 4.17. The second kappa shape index (κ2) is 16.3. The number of rotatable bonds is 15. The molecule has 0 bridgehead atoms. The highest BCUT2D eigenvalue weighted by Crippen LogP contribution is 2.20. The lowest BCUT2D eigenvalue weighted by Gasteiger charge is -2.06. The van der Waals surface area contributed by atoms with Crippen LogP contribution < -0.4 is 0 Å². The van der Waals surface area contributed by atoms with E-state index in [1.807, 2.05) is 11.9 Å². The average molecular weight is 306 g/mol. The van der Waals surface area contributed by atoms with E-state index in [9.17, 15) is 9.59 Å². The van der Waals surface area contributed by atoms with Crippen LogP contribution in [0.2, 0.25) is 0 Å². The van der Waals surface area contributed by atoms with Crippen molar-refractivity contribution in [3.05, 3.63) is 11.1 Å². The summed E-state index contributed by atoms with van der Waals surface area (Å²) in [5.74, 6) is 3.97. The molecule has 0 radical (unpaired) electrons. The summed E-state index contributed by atoms with van der Waals surface area (Å²) in [6.07, 6.45) is 15.7. The third kappa shape index (κ3) is 11.5. The zero-order valence-corrected chi connectivity index (χ0v) is 14.7. The number of unbranched alkanes of at least 4 members (excludes halogenated alkanes) is 10. The van der Waals surface area contributed by atoms with E-state index in [1.165, 1.54) is 51.4 Å². The molecule has 0 unspecified atom stereocenters. The van der Waals surface area contributed by atoms with Gasteiger partial charge in [0.05, 0.1) is 11.1 Å². The highest BCUT2D eigenvalue weighted by Gasteiger charge is 2.08. The number of hydrogen-bond donors (Lipinski definition) is 0. The molecular weight excluding hydrogens is 272 g/mol. The van der Waals surface area contributed by atoms with Gasteiger partial charge in [0.2, 0.25) is 0 Å². The van der Waals surface area contributed by atoms with E-state index < -0.39 is 0 Å². The Balaban J connectivity index is 3.92. The first-order valence-electron chi connectivity index (χ1n) is 9.28. The van der Waals surface area contributed by atoms with Crippen molar-refractivity contribution in [3.8, 4) is 0 Å². The highest BCUT2D eigenvalue weighted by atomic mass is 16.1. The summed E-state index contributed by atoms with van der Waals surface area (Å²) in [6.45, 7) is 4.41. The fraction of sp³-hybridized carbons (Fsp3) is 0.800. The first-order valence-corrected chi connectivity index (χ1v) is 9.28. The fourth-order valence-electron chi connectivity index (χ4n) is 2.69. The topological polar surface area (TPSA) is 34.1 Å². The molecule has 0 aliphatic heterocycles. The molecule has 0 aromatic heterocycles.